The summed E-state index contributed by atoms with van der Waals surface area (Å²) in [4.78, 5) is 12.9. The number of fused-ring (bicyclic) bond motifs is 1. The zero-order chi connectivity index (χ0) is 17.9. The summed E-state index contributed by atoms with van der Waals surface area (Å²) in [5, 5.41) is 22.6. The lowest BCUT2D eigenvalue weighted by Crippen LogP contribution is -2.38. The molecule has 0 aliphatic carbocycles. The number of anilines is 1. The molecule has 1 saturated heterocycles. The lowest BCUT2D eigenvalue weighted by molar-refractivity contribution is -0.384. The van der Waals surface area contributed by atoms with E-state index in [1.807, 2.05) is 18.3 Å². The second kappa shape index (κ2) is 7.13. The first-order valence-electron chi connectivity index (χ1n) is 8.83. The first kappa shape index (κ1) is 16.5. The molecule has 4 rings (SSSR count). The minimum absolute atomic E-state index is 0.161. The van der Waals surface area contributed by atoms with Gasteiger partial charge in [-0.25, -0.2) is 0 Å². The Morgan fingerprint density at radius 2 is 2.08 bits per heavy atom. The number of non-ortho nitro benzene ring substituents is 1. The summed E-state index contributed by atoms with van der Waals surface area (Å²) in [6.07, 6.45) is 3.94. The Labute approximate surface area is 151 Å². The Hall–Kier alpha value is -2.93. The van der Waals surface area contributed by atoms with Gasteiger partial charge in [0.2, 0.25) is 0 Å². The van der Waals surface area contributed by atoms with Crippen LogP contribution in [0, 0.1) is 10.1 Å². The zero-order valence-electron chi connectivity index (χ0n) is 14.4. The van der Waals surface area contributed by atoms with Gasteiger partial charge in [-0.2, -0.15) is 5.10 Å². The van der Waals surface area contributed by atoms with E-state index in [0.29, 0.717) is 6.04 Å². The second-order valence-corrected chi connectivity index (χ2v) is 6.79. The molecule has 7 nitrogen and oxygen atoms in total. The molecule has 2 aromatic carbocycles. The number of hydrogen-bond acceptors (Lipinski definition) is 5. The number of rotatable bonds is 5. The van der Waals surface area contributed by atoms with Gasteiger partial charge >= 0.3 is 0 Å². The molecule has 0 amide bonds. The van der Waals surface area contributed by atoms with Gasteiger partial charge in [-0.1, -0.05) is 12.1 Å². The highest BCUT2D eigenvalue weighted by atomic mass is 16.6. The molecule has 0 spiro atoms. The van der Waals surface area contributed by atoms with Gasteiger partial charge < -0.3 is 5.32 Å². The number of H-pyrrole nitrogens is 1. The molecule has 0 unspecified atom stereocenters. The highest BCUT2D eigenvalue weighted by Gasteiger charge is 2.19. The van der Waals surface area contributed by atoms with Gasteiger partial charge in [0.15, 0.2) is 0 Å². The highest BCUT2D eigenvalue weighted by molar-refractivity contribution is 5.81. The summed E-state index contributed by atoms with van der Waals surface area (Å²) in [5.74, 6) is 0. The molecule has 2 N–H and O–H groups in total. The first-order chi connectivity index (χ1) is 12.7. The zero-order valence-corrected chi connectivity index (χ0v) is 14.4. The van der Waals surface area contributed by atoms with E-state index in [2.05, 4.69) is 32.5 Å². The van der Waals surface area contributed by atoms with Crippen LogP contribution in [-0.4, -0.2) is 39.2 Å². The van der Waals surface area contributed by atoms with Crippen molar-refractivity contribution in [2.24, 2.45) is 0 Å². The van der Waals surface area contributed by atoms with Crippen LogP contribution in [-0.2, 0) is 6.54 Å². The number of aromatic amines is 1. The number of aromatic nitrogens is 2. The molecule has 0 saturated carbocycles. The number of hydrogen-bond donors (Lipinski definition) is 2. The molecular weight excluding hydrogens is 330 g/mol. The van der Waals surface area contributed by atoms with E-state index < -0.39 is 0 Å². The maximum atomic E-state index is 10.9. The molecule has 7 heteroatoms. The quantitative estimate of drug-likeness (QED) is 0.542. The van der Waals surface area contributed by atoms with Gasteiger partial charge in [0, 0.05) is 48.9 Å². The van der Waals surface area contributed by atoms with Crippen LogP contribution in [0.15, 0.2) is 48.7 Å². The van der Waals surface area contributed by atoms with Crippen LogP contribution in [0.1, 0.15) is 18.4 Å². The standard InChI is InChI=1S/C19H21N5O2/c25-24(26)18-3-1-2-14(10-18)13-23-8-6-16(7-9-23)21-17-4-5-19-15(11-17)12-20-22-19/h1-5,10-12,16,21H,6-9,13H2,(H,20,22). The van der Waals surface area contributed by atoms with Crippen molar-refractivity contribution in [2.75, 3.05) is 18.4 Å². The van der Waals surface area contributed by atoms with Crippen molar-refractivity contribution >= 4 is 22.3 Å². The van der Waals surface area contributed by atoms with Crippen molar-refractivity contribution in [1.29, 1.82) is 0 Å². The second-order valence-electron chi connectivity index (χ2n) is 6.79. The van der Waals surface area contributed by atoms with Crippen LogP contribution in [0.25, 0.3) is 10.9 Å². The molecule has 1 fully saturated rings. The summed E-state index contributed by atoms with van der Waals surface area (Å²) < 4.78 is 0. The fourth-order valence-corrected chi connectivity index (χ4v) is 3.53. The van der Waals surface area contributed by atoms with E-state index >= 15 is 0 Å². The Morgan fingerprint density at radius 1 is 1.23 bits per heavy atom. The predicted molar refractivity (Wildman–Crippen MR) is 101 cm³/mol. The number of nitro groups is 1. The fraction of sp³-hybridized carbons (Fsp3) is 0.316. The molecular formula is C19H21N5O2. The van der Waals surface area contributed by atoms with Crippen LogP contribution in [0.2, 0.25) is 0 Å². The highest BCUT2D eigenvalue weighted by Crippen LogP contribution is 2.22. The normalized spacial score (nSPS) is 16.0. The van der Waals surface area contributed by atoms with Crippen LogP contribution in [0.3, 0.4) is 0 Å². The fourth-order valence-electron chi connectivity index (χ4n) is 3.53. The third kappa shape index (κ3) is 3.67. The van der Waals surface area contributed by atoms with Crippen molar-refractivity contribution in [3.05, 3.63) is 64.3 Å². The van der Waals surface area contributed by atoms with Gasteiger partial charge in [-0.05, 0) is 36.6 Å². The topological polar surface area (TPSA) is 87.1 Å². The molecule has 0 radical (unpaired) electrons. The van der Waals surface area contributed by atoms with Crippen LogP contribution in [0.4, 0.5) is 11.4 Å². The Bertz CT molecular complexity index is 915. The predicted octanol–water partition coefficient (Wildman–Crippen LogP) is 3.55. The van der Waals surface area contributed by atoms with Gasteiger partial charge in [-0.3, -0.25) is 20.1 Å². The Balaban J connectivity index is 1.32. The average Bonchev–Trinajstić information content (AvgIpc) is 3.11. The van der Waals surface area contributed by atoms with Crippen molar-refractivity contribution in [2.45, 2.75) is 25.4 Å². The number of benzene rings is 2. The summed E-state index contributed by atoms with van der Waals surface area (Å²) in [5.41, 5.74) is 3.32. The molecule has 2 heterocycles. The number of nitrogens with one attached hydrogen (secondary N) is 2. The van der Waals surface area contributed by atoms with E-state index in [9.17, 15) is 10.1 Å². The minimum atomic E-state index is -0.337. The molecule has 1 aliphatic rings. The largest absolute Gasteiger partial charge is 0.382 e. The maximum absolute atomic E-state index is 10.9. The monoisotopic (exact) mass is 351 g/mol. The summed E-state index contributed by atoms with van der Waals surface area (Å²) in [6, 6.07) is 13.6. The van der Waals surface area contributed by atoms with Crippen molar-refractivity contribution in [3.8, 4) is 0 Å². The van der Waals surface area contributed by atoms with Crippen LogP contribution in [0.5, 0.6) is 0 Å². The summed E-state index contributed by atoms with van der Waals surface area (Å²) in [6.45, 7) is 2.72. The molecule has 0 bridgehead atoms. The van der Waals surface area contributed by atoms with Crippen molar-refractivity contribution < 1.29 is 4.92 Å². The van der Waals surface area contributed by atoms with Crippen molar-refractivity contribution in [1.82, 2.24) is 15.1 Å². The third-order valence-corrected chi connectivity index (χ3v) is 4.93. The molecule has 134 valence electrons. The number of nitro benzene ring substituents is 1. The van der Waals surface area contributed by atoms with E-state index in [1.54, 1.807) is 12.1 Å². The van der Waals surface area contributed by atoms with Gasteiger partial charge in [0.1, 0.15) is 0 Å². The molecule has 3 aromatic rings. The lowest BCUT2D eigenvalue weighted by atomic mass is 10.0. The number of piperidine rings is 1. The number of likely N-dealkylation sites (tertiary alicyclic amines) is 1. The van der Waals surface area contributed by atoms with E-state index in [-0.39, 0.29) is 10.6 Å². The Morgan fingerprint density at radius 3 is 2.88 bits per heavy atom. The molecule has 1 aromatic heterocycles. The van der Waals surface area contributed by atoms with Gasteiger partial charge in [0.05, 0.1) is 16.6 Å². The summed E-state index contributed by atoms with van der Waals surface area (Å²) >= 11 is 0. The van der Waals surface area contributed by atoms with Crippen LogP contribution >= 0.6 is 0 Å². The molecule has 0 atom stereocenters. The van der Waals surface area contributed by atoms with Gasteiger partial charge in [0.25, 0.3) is 5.69 Å². The summed E-state index contributed by atoms with van der Waals surface area (Å²) in [7, 11) is 0. The van der Waals surface area contributed by atoms with E-state index in [1.165, 1.54) is 6.07 Å². The number of nitrogens with zero attached hydrogens (tertiary/aromatic N) is 3. The first-order valence-corrected chi connectivity index (χ1v) is 8.83. The molecule has 26 heavy (non-hydrogen) atoms. The lowest BCUT2D eigenvalue weighted by Gasteiger charge is -2.32. The SMILES string of the molecule is O=[N+]([O-])c1cccc(CN2CCC(Nc3ccc4[nH]ncc4c3)CC2)c1. The minimum Gasteiger partial charge on any atom is -0.382 e. The smallest absolute Gasteiger partial charge is 0.269 e. The average molecular weight is 351 g/mol. The van der Waals surface area contributed by atoms with Gasteiger partial charge in [-0.15, -0.1) is 0 Å². The van der Waals surface area contributed by atoms with Crippen molar-refractivity contribution in [3.63, 3.8) is 0 Å². The third-order valence-electron chi connectivity index (χ3n) is 4.93. The van der Waals surface area contributed by atoms with E-state index in [0.717, 1.165) is 54.6 Å². The maximum Gasteiger partial charge on any atom is 0.269 e. The van der Waals surface area contributed by atoms with E-state index in [4.69, 9.17) is 0 Å². The van der Waals surface area contributed by atoms with Crippen LogP contribution < -0.4 is 5.32 Å². The Kier molecular flexibility index (Phi) is 4.53. The molecule has 1 aliphatic heterocycles.